The first-order valence-electron chi connectivity index (χ1n) is 6.81. The van der Waals surface area contributed by atoms with Gasteiger partial charge in [-0.05, 0) is 59.3 Å². The van der Waals surface area contributed by atoms with Crippen LogP contribution in [0.4, 0.5) is 0 Å². The van der Waals surface area contributed by atoms with Gasteiger partial charge in [0.25, 0.3) is 0 Å². The lowest BCUT2D eigenvalue weighted by molar-refractivity contribution is -0.127. The number of carbonyl (C=O) groups excluding carboxylic acids is 1. The van der Waals surface area contributed by atoms with Crippen molar-refractivity contribution in [3.63, 3.8) is 0 Å². The Morgan fingerprint density at radius 3 is 2.35 bits per heavy atom. The number of nitrogens with zero attached hydrogens (tertiary/aromatic N) is 1. The Bertz CT molecular complexity index is 313. The fraction of sp³-hybridized carbons (Fsp3) is 0.929. The van der Waals surface area contributed by atoms with E-state index in [4.69, 9.17) is 0 Å². The molecule has 0 aromatic carbocycles. The standard InChI is InChI=1S/C14H26N2O/c1-10(2)15-12(17)11-8-14(6-7-14)9-16(11)13(3,4)5/h10-11H,6-9H2,1-5H3,(H,15,17)/t11-/m0/s1. The van der Waals surface area contributed by atoms with E-state index in [1.165, 1.54) is 12.8 Å². The van der Waals surface area contributed by atoms with E-state index in [1.54, 1.807) is 0 Å². The second kappa shape index (κ2) is 3.98. The quantitative estimate of drug-likeness (QED) is 0.799. The molecule has 1 N–H and O–H groups in total. The minimum atomic E-state index is 0.0832. The Labute approximate surface area is 105 Å². The first kappa shape index (κ1) is 12.9. The van der Waals surface area contributed by atoms with Gasteiger partial charge >= 0.3 is 0 Å². The molecule has 0 aromatic heterocycles. The van der Waals surface area contributed by atoms with Crippen molar-refractivity contribution < 1.29 is 4.79 Å². The molecule has 2 fully saturated rings. The van der Waals surface area contributed by atoms with Gasteiger partial charge in [-0.25, -0.2) is 0 Å². The van der Waals surface area contributed by atoms with Gasteiger partial charge in [-0.3, -0.25) is 9.69 Å². The van der Waals surface area contributed by atoms with Crippen molar-refractivity contribution in [1.82, 2.24) is 10.2 Å². The van der Waals surface area contributed by atoms with Crippen LogP contribution in [0.25, 0.3) is 0 Å². The van der Waals surface area contributed by atoms with Crippen LogP contribution >= 0.6 is 0 Å². The summed E-state index contributed by atoms with van der Waals surface area (Å²) in [5.41, 5.74) is 0.567. The Hall–Kier alpha value is -0.570. The predicted octanol–water partition coefficient (Wildman–Crippen LogP) is 2.16. The van der Waals surface area contributed by atoms with Gasteiger partial charge < -0.3 is 5.32 Å². The van der Waals surface area contributed by atoms with Crippen molar-refractivity contribution in [2.45, 2.75) is 71.5 Å². The molecule has 3 heteroatoms. The van der Waals surface area contributed by atoms with Crippen LogP contribution in [0.1, 0.15) is 53.9 Å². The van der Waals surface area contributed by atoms with Gasteiger partial charge in [0.15, 0.2) is 0 Å². The average molecular weight is 238 g/mol. The maximum atomic E-state index is 12.3. The molecule has 1 spiro atoms. The normalized spacial score (nSPS) is 27.8. The number of hydrogen-bond donors (Lipinski definition) is 1. The van der Waals surface area contributed by atoms with Crippen LogP contribution < -0.4 is 5.32 Å². The van der Waals surface area contributed by atoms with E-state index in [9.17, 15) is 4.79 Å². The third-order valence-corrected chi connectivity index (χ3v) is 4.06. The zero-order chi connectivity index (χ0) is 12.8. The van der Waals surface area contributed by atoms with Gasteiger partial charge in [-0.1, -0.05) is 0 Å². The zero-order valence-corrected chi connectivity index (χ0v) is 11.8. The monoisotopic (exact) mass is 238 g/mol. The second-order valence-corrected chi connectivity index (χ2v) is 7.18. The summed E-state index contributed by atoms with van der Waals surface area (Å²) in [7, 11) is 0. The van der Waals surface area contributed by atoms with Crippen molar-refractivity contribution in [2.75, 3.05) is 6.54 Å². The number of hydrogen-bond acceptors (Lipinski definition) is 2. The largest absolute Gasteiger partial charge is 0.353 e. The van der Waals surface area contributed by atoms with Gasteiger partial charge in [0.1, 0.15) is 0 Å². The van der Waals surface area contributed by atoms with Gasteiger partial charge in [0, 0.05) is 18.1 Å². The van der Waals surface area contributed by atoms with E-state index in [0.29, 0.717) is 5.41 Å². The van der Waals surface area contributed by atoms with Gasteiger partial charge in [0.05, 0.1) is 6.04 Å². The number of rotatable bonds is 2. The maximum Gasteiger partial charge on any atom is 0.237 e. The molecular formula is C14H26N2O. The van der Waals surface area contributed by atoms with E-state index >= 15 is 0 Å². The van der Waals surface area contributed by atoms with E-state index in [-0.39, 0.29) is 23.5 Å². The minimum Gasteiger partial charge on any atom is -0.353 e. The highest BCUT2D eigenvalue weighted by atomic mass is 16.2. The lowest BCUT2D eigenvalue weighted by atomic mass is 10.0. The lowest BCUT2D eigenvalue weighted by Crippen LogP contribution is -2.52. The topological polar surface area (TPSA) is 32.3 Å². The second-order valence-electron chi connectivity index (χ2n) is 7.18. The molecule has 0 bridgehead atoms. The summed E-state index contributed by atoms with van der Waals surface area (Å²) >= 11 is 0. The molecular weight excluding hydrogens is 212 g/mol. The summed E-state index contributed by atoms with van der Waals surface area (Å²) in [4.78, 5) is 14.7. The SMILES string of the molecule is CC(C)NC(=O)[C@@H]1CC2(CC2)CN1C(C)(C)C. The molecule has 3 nitrogen and oxygen atoms in total. The molecule has 98 valence electrons. The first-order valence-corrected chi connectivity index (χ1v) is 6.81. The first-order chi connectivity index (χ1) is 7.73. The van der Waals surface area contributed by atoms with E-state index in [0.717, 1.165) is 13.0 Å². The summed E-state index contributed by atoms with van der Waals surface area (Å²) in [5.74, 6) is 0.221. The summed E-state index contributed by atoms with van der Waals surface area (Å²) in [6.45, 7) is 11.8. The van der Waals surface area contributed by atoms with Crippen LogP contribution in [0, 0.1) is 5.41 Å². The van der Waals surface area contributed by atoms with Crippen LogP contribution in [0.2, 0.25) is 0 Å². The summed E-state index contributed by atoms with van der Waals surface area (Å²) < 4.78 is 0. The van der Waals surface area contributed by atoms with E-state index in [2.05, 4.69) is 31.0 Å². The van der Waals surface area contributed by atoms with E-state index < -0.39 is 0 Å². The molecule has 2 aliphatic rings. The van der Waals surface area contributed by atoms with Gasteiger partial charge in [-0.15, -0.1) is 0 Å². The Morgan fingerprint density at radius 2 is 1.94 bits per heavy atom. The molecule has 1 aliphatic carbocycles. The molecule has 1 aliphatic heterocycles. The van der Waals surface area contributed by atoms with Crippen LogP contribution in [0.3, 0.4) is 0 Å². The summed E-state index contributed by atoms with van der Waals surface area (Å²) in [6, 6.07) is 0.319. The third kappa shape index (κ3) is 2.65. The predicted molar refractivity (Wildman–Crippen MR) is 69.8 cm³/mol. The Balaban J connectivity index is 2.10. The molecule has 1 saturated carbocycles. The van der Waals surface area contributed by atoms with Gasteiger partial charge in [0.2, 0.25) is 5.91 Å². The van der Waals surface area contributed by atoms with Crippen LogP contribution in [0.15, 0.2) is 0 Å². The smallest absolute Gasteiger partial charge is 0.237 e. The fourth-order valence-electron chi connectivity index (χ4n) is 2.92. The molecule has 1 amide bonds. The number of carbonyl (C=O) groups is 1. The van der Waals surface area contributed by atoms with Crippen molar-refractivity contribution >= 4 is 5.91 Å². The Morgan fingerprint density at radius 1 is 1.35 bits per heavy atom. The van der Waals surface area contributed by atoms with Crippen LogP contribution in [-0.4, -0.2) is 35.0 Å². The number of amides is 1. The van der Waals surface area contributed by atoms with Crippen molar-refractivity contribution in [1.29, 1.82) is 0 Å². The highest BCUT2D eigenvalue weighted by molar-refractivity contribution is 5.82. The molecule has 1 heterocycles. The third-order valence-electron chi connectivity index (χ3n) is 4.06. The lowest BCUT2D eigenvalue weighted by Gasteiger charge is -2.36. The minimum absolute atomic E-state index is 0.0832. The van der Waals surface area contributed by atoms with Crippen molar-refractivity contribution in [2.24, 2.45) is 5.41 Å². The van der Waals surface area contributed by atoms with Gasteiger partial charge in [-0.2, -0.15) is 0 Å². The highest BCUT2D eigenvalue weighted by Crippen LogP contribution is 2.56. The van der Waals surface area contributed by atoms with E-state index in [1.807, 2.05) is 13.8 Å². The fourth-order valence-corrected chi connectivity index (χ4v) is 2.92. The maximum absolute atomic E-state index is 12.3. The van der Waals surface area contributed by atoms with Crippen molar-refractivity contribution in [3.8, 4) is 0 Å². The molecule has 0 aromatic rings. The molecule has 2 rings (SSSR count). The van der Waals surface area contributed by atoms with Crippen LogP contribution in [-0.2, 0) is 4.79 Å². The highest BCUT2D eigenvalue weighted by Gasteiger charge is 2.55. The molecule has 17 heavy (non-hydrogen) atoms. The summed E-state index contributed by atoms with van der Waals surface area (Å²) in [5, 5.41) is 3.07. The number of likely N-dealkylation sites (tertiary alicyclic amines) is 1. The molecule has 1 saturated heterocycles. The number of nitrogens with one attached hydrogen (secondary N) is 1. The summed E-state index contributed by atoms with van der Waals surface area (Å²) in [6.07, 6.45) is 3.68. The molecule has 0 unspecified atom stereocenters. The molecule has 1 atom stereocenters. The van der Waals surface area contributed by atoms with Crippen molar-refractivity contribution in [3.05, 3.63) is 0 Å². The zero-order valence-electron chi connectivity index (χ0n) is 11.8. The molecule has 0 radical (unpaired) electrons. The average Bonchev–Trinajstić information content (AvgIpc) is 2.73. The Kier molecular flexibility index (Phi) is 3.01. The van der Waals surface area contributed by atoms with Crippen LogP contribution in [0.5, 0.6) is 0 Å².